The maximum Gasteiger partial charge on any atom is 0.257 e. The summed E-state index contributed by atoms with van der Waals surface area (Å²) in [6, 6.07) is 16.7. The van der Waals surface area contributed by atoms with Gasteiger partial charge in [-0.2, -0.15) is 0 Å². The number of aromatic nitrogens is 2. The Morgan fingerprint density at radius 3 is 2.50 bits per heavy atom. The molecule has 0 saturated carbocycles. The number of nitrogens with zero attached hydrogens (tertiary/aromatic N) is 3. The number of anilines is 3. The molecule has 2 aromatic carbocycles. The van der Waals surface area contributed by atoms with Crippen LogP contribution in [-0.2, 0) is 6.54 Å². The number of halogens is 2. The van der Waals surface area contributed by atoms with Crippen LogP contribution in [0.4, 0.5) is 25.8 Å². The molecule has 202 valence electrons. The molecule has 4 aromatic rings. The number of hydrogen-bond acceptors (Lipinski definition) is 5. The number of benzene rings is 2. The van der Waals surface area contributed by atoms with E-state index >= 15 is 0 Å². The molecule has 2 N–H and O–H groups in total. The summed E-state index contributed by atoms with van der Waals surface area (Å²) in [4.78, 5) is 44.8. The molecule has 0 radical (unpaired) electrons. The quantitative estimate of drug-likeness (QED) is 0.384. The van der Waals surface area contributed by atoms with E-state index in [9.17, 15) is 23.2 Å². The van der Waals surface area contributed by atoms with E-state index < -0.39 is 17.5 Å². The molecule has 6 rings (SSSR count). The maximum atomic E-state index is 13.7. The van der Waals surface area contributed by atoms with Gasteiger partial charge in [-0.3, -0.25) is 19.4 Å². The lowest BCUT2D eigenvalue weighted by molar-refractivity contribution is 0.101. The van der Waals surface area contributed by atoms with E-state index in [0.29, 0.717) is 30.9 Å². The normalized spacial score (nSPS) is 17.6. The van der Waals surface area contributed by atoms with Gasteiger partial charge in [0.2, 0.25) is 0 Å². The molecule has 2 aliphatic heterocycles. The van der Waals surface area contributed by atoms with Crippen molar-refractivity contribution in [2.75, 3.05) is 28.6 Å². The second kappa shape index (κ2) is 10.4. The molecule has 2 bridgehead atoms. The molecule has 4 heterocycles. The fraction of sp³-hybridized carbons (Fsp3) is 0.200. The number of piperidine rings is 1. The van der Waals surface area contributed by atoms with Crippen molar-refractivity contribution < 1.29 is 18.4 Å². The topological polar surface area (TPSA) is 96.3 Å². The minimum Gasteiger partial charge on any atom is -0.369 e. The molecular weight excluding hydrogens is 516 g/mol. The average molecular weight is 542 g/mol. The molecule has 0 spiro atoms. The zero-order chi connectivity index (χ0) is 27.8. The number of pyridine rings is 2. The molecule has 2 amide bonds. The first kappa shape index (κ1) is 25.4. The highest BCUT2D eigenvalue weighted by atomic mass is 19.2. The van der Waals surface area contributed by atoms with Crippen molar-refractivity contribution in [2.45, 2.75) is 18.9 Å². The predicted octanol–water partition coefficient (Wildman–Crippen LogP) is 4.65. The molecule has 10 heteroatoms. The summed E-state index contributed by atoms with van der Waals surface area (Å²) in [5.74, 6) is -2.64. The van der Waals surface area contributed by atoms with Crippen LogP contribution in [0.2, 0.25) is 0 Å². The molecule has 2 aromatic heterocycles. The number of hydrogen-bond donors (Lipinski definition) is 2. The van der Waals surface area contributed by atoms with Crippen LogP contribution < -0.4 is 21.1 Å². The zero-order valence-corrected chi connectivity index (χ0v) is 21.3. The molecule has 0 aliphatic carbocycles. The Bertz CT molecular complexity index is 1670. The van der Waals surface area contributed by atoms with Gasteiger partial charge in [0.1, 0.15) is 0 Å². The van der Waals surface area contributed by atoms with Gasteiger partial charge in [0, 0.05) is 67.0 Å². The molecule has 2 unspecified atom stereocenters. The summed E-state index contributed by atoms with van der Waals surface area (Å²) in [6.07, 6.45) is 3.99. The highest BCUT2D eigenvalue weighted by Gasteiger charge is 2.35. The van der Waals surface area contributed by atoms with Crippen molar-refractivity contribution >= 4 is 28.9 Å². The van der Waals surface area contributed by atoms with Gasteiger partial charge in [-0.25, -0.2) is 8.78 Å². The summed E-state index contributed by atoms with van der Waals surface area (Å²) in [5.41, 5.74) is 2.85. The lowest BCUT2D eigenvalue weighted by atomic mass is 9.83. The third-order valence-corrected chi connectivity index (χ3v) is 7.43. The van der Waals surface area contributed by atoms with Crippen molar-refractivity contribution in [1.29, 1.82) is 0 Å². The van der Waals surface area contributed by atoms with Crippen molar-refractivity contribution in [1.82, 2.24) is 9.55 Å². The Balaban J connectivity index is 1.32. The van der Waals surface area contributed by atoms with Crippen LogP contribution >= 0.6 is 0 Å². The largest absolute Gasteiger partial charge is 0.369 e. The van der Waals surface area contributed by atoms with Crippen LogP contribution in [0.1, 0.15) is 38.7 Å². The lowest BCUT2D eigenvalue weighted by Gasteiger charge is -2.44. The molecular formula is C30H25F2N5O3. The van der Waals surface area contributed by atoms with E-state index in [2.05, 4.69) is 20.5 Å². The first-order chi connectivity index (χ1) is 19.4. The molecule has 8 nitrogen and oxygen atoms in total. The van der Waals surface area contributed by atoms with Gasteiger partial charge >= 0.3 is 0 Å². The summed E-state index contributed by atoms with van der Waals surface area (Å²) in [7, 11) is 0. The number of fused-ring (bicyclic) bond motifs is 4. The smallest absolute Gasteiger partial charge is 0.257 e. The number of carbonyl (C=O) groups excluding carboxylic acids is 2. The van der Waals surface area contributed by atoms with E-state index in [4.69, 9.17) is 0 Å². The van der Waals surface area contributed by atoms with E-state index in [1.807, 2.05) is 10.6 Å². The van der Waals surface area contributed by atoms with Gasteiger partial charge in [0.25, 0.3) is 17.4 Å². The Kier molecular flexibility index (Phi) is 6.59. The van der Waals surface area contributed by atoms with Crippen LogP contribution in [0.3, 0.4) is 0 Å². The van der Waals surface area contributed by atoms with E-state index in [0.717, 1.165) is 29.9 Å². The number of amides is 2. The molecule has 1 saturated heterocycles. The monoisotopic (exact) mass is 541 g/mol. The van der Waals surface area contributed by atoms with Crippen LogP contribution in [0.25, 0.3) is 0 Å². The highest BCUT2D eigenvalue weighted by Crippen LogP contribution is 2.39. The van der Waals surface area contributed by atoms with E-state index in [1.54, 1.807) is 48.7 Å². The van der Waals surface area contributed by atoms with E-state index in [1.165, 1.54) is 12.3 Å². The third-order valence-electron chi connectivity index (χ3n) is 7.43. The van der Waals surface area contributed by atoms with Crippen LogP contribution in [-0.4, -0.2) is 34.5 Å². The first-order valence-corrected chi connectivity index (χ1v) is 12.9. The summed E-state index contributed by atoms with van der Waals surface area (Å²) < 4.78 is 28.9. The average Bonchev–Trinajstić information content (AvgIpc) is 2.96. The Labute approximate surface area is 228 Å². The standard InChI is InChI=1S/C30H25F2N5O3/c31-23-8-7-22(13-24(23)32)34-29(39)19-6-9-27(25(12-19)35-30(40)20-3-2-10-33-14-20)36-15-18-11-21(17-36)26-4-1-5-28(38)37(26)16-18/h1-10,12-14,18,21H,11,15-17H2,(H,34,39)(H,35,40). The van der Waals surface area contributed by atoms with Gasteiger partial charge < -0.3 is 20.1 Å². The van der Waals surface area contributed by atoms with Crippen molar-refractivity contribution in [3.05, 3.63) is 118 Å². The number of nitrogens with one attached hydrogen (secondary N) is 2. The van der Waals surface area contributed by atoms with Gasteiger partial charge in [0.15, 0.2) is 11.6 Å². The summed E-state index contributed by atoms with van der Waals surface area (Å²) in [6.45, 7) is 1.93. The first-order valence-electron chi connectivity index (χ1n) is 12.9. The van der Waals surface area contributed by atoms with Gasteiger partial charge in [0.05, 0.1) is 16.9 Å². The second-order valence-corrected chi connectivity index (χ2v) is 10.1. The Morgan fingerprint density at radius 1 is 0.850 bits per heavy atom. The summed E-state index contributed by atoms with van der Waals surface area (Å²) in [5, 5.41) is 5.50. The van der Waals surface area contributed by atoms with Crippen LogP contribution in [0.5, 0.6) is 0 Å². The van der Waals surface area contributed by atoms with Crippen LogP contribution in [0.15, 0.2) is 83.9 Å². The number of carbonyl (C=O) groups is 2. The van der Waals surface area contributed by atoms with E-state index in [-0.39, 0.29) is 34.6 Å². The van der Waals surface area contributed by atoms with Crippen molar-refractivity contribution in [3.8, 4) is 0 Å². The second-order valence-electron chi connectivity index (χ2n) is 10.1. The number of rotatable bonds is 5. The predicted molar refractivity (Wildman–Crippen MR) is 147 cm³/mol. The fourth-order valence-electron chi connectivity index (χ4n) is 5.62. The van der Waals surface area contributed by atoms with Crippen molar-refractivity contribution in [2.24, 2.45) is 5.92 Å². The maximum absolute atomic E-state index is 13.7. The lowest BCUT2D eigenvalue weighted by Crippen LogP contribution is -2.47. The molecule has 1 fully saturated rings. The zero-order valence-electron chi connectivity index (χ0n) is 21.3. The minimum atomic E-state index is -1.07. The minimum absolute atomic E-state index is 0.00136. The molecule has 2 aliphatic rings. The highest BCUT2D eigenvalue weighted by molar-refractivity contribution is 6.09. The molecule has 2 atom stereocenters. The fourth-order valence-corrected chi connectivity index (χ4v) is 5.62. The van der Waals surface area contributed by atoms with Gasteiger partial charge in [-0.1, -0.05) is 6.07 Å². The molecule has 40 heavy (non-hydrogen) atoms. The Morgan fingerprint density at radius 2 is 1.70 bits per heavy atom. The van der Waals surface area contributed by atoms with Gasteiger partial charge in [-0.05, 0) is 60.9 Å². The SMILES string of the molecule is O=C(Nc1ccc(F)c(F)c1)c1ccc(N2CC3CC(C2)c2cccc(=O)n2C3)c(NC(=O)c2cccnc2)c1. The summed E-state index contributed by atoms with van der Waals surface area (Å²) >= 11 is 0. The third kappa shape index (κ3) is 4.95. The Hall–Kier alpha value is -4.86. The van der Waals surface area contributed by atoms with Crippen LogP contribution in [0, 0.1) is 17.6 Å². The van der Waals surface area contributed by atoms with Crippen molar-refractivity contribution in [3.63, 3.8) is 0 Å². The van der Waals surface area contributed by atoms with Gasteiger partial charge in [-0.15, -0.1) is 0 Å².